The molecule has 130 valence electrons. The van der Waals surface area contributed by atoms with Crippen LogP contribution in [0.3, 0.4) is 0 Å². The van der Waals surface area contributed by atoms with E-state index >= 15 is 0 Å². The number of carbonyl (C=O) groups excluding carboxylic acids is 1. The molecule has 0 aliphatic heterocycles. The molecule has 0 unspecified atom stereocenters. The molecule has 0 radical (unpaired) electrons. The predicted octanol–water partition coefficient (Wildman–Crippen LogP) is 3.44. The topological polar surface area (TPSA) is 104 Å². The maximum absolute atomic E-state index is 12.0. The molecule has 2 aromatic heterocycles. The quantitative estimate of drug-likeness (QED) is 0.356. The van der Waals surface area contributed by atoms with Gasteiger partial charge in [-0.3, -0.25) is 14.6 Å². The maximum Gasteiger partial charge on any atom is 0.279 e. The van der Waals surface area contributed by atoms with Crippen LogP contribution in [0.25, 0.3) is 22.2 Å². The van der Waals surface area contributed by atoms with Gasteiger partial charge in [0.15, 0.2) is 15.9 Å². The van der Waals surface area contributed by atoms with E-state index in [1.165, 1.54) is 0 Å². The summed E-state index contributed by atoms with van der Waals surface area (Å²) in [5.74, 6) is -0.0138. The molecule has 0 atom stereocenters. The third-order valence-corrected chi connectivity index (χ3v) is 4.08. The SMILES string of the molecule is CCCCCCC(=O)Nc1ccc2nc3c(=O)[nH]c(=S)[nH]c3nc2c1. The minimum absolute atomic E-state index is 0.0138. The number of unbranched alkanes of at least 4 members (excludes halogenated alkanes) is 3. The first kappa shape index (κ1) is 17.2. The number of fused-ring (bicyclic) bond motifs is 2. The van der Waals surface area contributed by atoms with Crippen molar-refractivity contribution in [1.82, 2.24) is 19.9 Å². The number of rotatable bonds is 6. The van der Waals surface area contributed by atoms with E-state index in [4.69, 9.17) is 12.2 Å². The van der Waals surface area contributed by atoms with Gasteiger partial charge in [0, 0.05) is 12.1 Å². The van der Waals surface area contributed by atoms with E-state index in [9.17, 15) is 9.59 Å². The molecular formula is C17H19N5O2S. The van der Waals surface area contributed by atoms with Gasteiger partial charge in [0.1, 0.15) is 0 Å². The van der Waals surface area contributed by atoms with Crippen molar-refractivity contribution in [3.8, 4) is 0 Å². The Labute approximate surface area is 148 Å². The molecule has 3 N–H and O–H groups in total. The summed E-state index contributed by atoms with van der Waals surface area (Å²) in [6, 6.07) is 5.23. The molecule has 0 bridgehead atoms. The molecule has 0 aliphatic rings. The van der Waals surface area contributed by atoms with Gasteiger partial charge in [-0.25, -0.2) is 9.97 Å². The van der Waals surface area contributed by atoms with Crippen molar-refractivity contribution in [1.29, 1.82) is 0 Å². The Kier molecular flexibility index (Phi) is 5.18. The van der Waals surface area contributed by atoms with Gasteiger partial charge in [-0.05, 0) is 36.8 Å². The molecule has 0 spiro atoms. The highest BCUT2D eigenvalue weighted by atomic mass is 32.1. The van der Waals surface area contributed by atoms with E-state index in [1.54, 1.807) is 18.2 Å². The van der Waals surface area contributed by atoms with Crippen molar-refractivity contribution in [3.05, 3.63) is 33.3 Å². The summed E-state index contributed by atoms with van der Waals surface area (Å²) in [4.78, 5) is 37.9. The number of aromatic amines is 2. The Hall–Kier alpha value is -2.61. The van der Waals surface area contributed by atoms with Gasteiger partial charge in [0.05, 0.1) is 11.0 Å². The molecule has 0 saturated carbocycles. The number of carbonyl (C=O) groups is 1. The fraction of sp³-hybridized carbons (Fsp3) is 0.353. The smallest absolute Gasteiger partial charge is 0.279 e. The average molecular weight is 357 g/mol. The predicted molar refractivity (Wildman–Crippen MR) is 100 cm³/mol. The van der Waals surface area contributed by atoms with Gasteiger partial charge >= 0.3 is 0 Å². The van der Waals surface area contributed by atoms with Crippen LogP contribution in [0.2, 0.25) is 0 Å². The average Bonchev–Trinajstić information content (AvgIpc) is 2.57. The number of hydrogen-bond acceptors (Lipinski definition) is 5. The third-order valence-electron chi connectivity index (χ3n) is 3.88. The van der Waals surface area contributed by atoms with Crippen LogP contribution >= 0.6 is 12.2 Å². The van der Waals surface area contributed by atoms with Crippen LogP contribution in [-0.2, 0) is 4.79 Å². The van der Waals surface area contributed by atoms with Crippen molar-refractivity contribution in [2.75, 3.05) is 5.32 Å². The Balaban J connectivity index is 1.84. The summed E-state index contributed by atoms with van der Waals surface area (Å²) in [6.07, 6.45) is 4.74. The van der Waals surface area contributed by atoms with Crippen LogP contribution < -0.4 is 10.9 Å². The van der Waals surface area contributed by atoms with Crippen LogP contribution in [0.1, 0.15) is 39.0 Å². The molecule has 7 nitrogen and oxygen atoms in total. The normalized spacial score (nSPS) is 11.1. The summed E-state index contributed by atoms with van der Waals surface area (Å²) >= 11 is 4.96. The van der Waals surface area contributed by atoms with E-state index in [-0.39, 0.29) is 21.8 Å². The monoisotopic (exact) mass is 357 g/mol. The largest absolute Gasteiger partial charge is 0.326 e. The summed E-state index contributed by atoms with van der Waals surface area (Å²) in [6.45, 7) is 2.14. The Bertz CT molecular complexity index is 1040. The van der Waals surface area contributed by atoms with Gasteiger partial charge in [0.25, 0.3) is 5.56 Å². The molecule has 8 heteroatoms. The van der Waals surface area contributed by atoms with E-state index in [0.29, 0.717) is 28.8 Å². The van der Waals surface area contributed by atoms with Crippen LogP contribution in [0.15, 0.2) is 23.0 Å². The zero-order valence-corrected chi connectivity index (χ0v) is 14.7. The number of nitrogens with zero attached hydrogens (tertiary/aromatic N) is 2. The fourth-order valence-electron chi connectivity index (χ4n) is 2.61. The number of benzene rings is 1. The molecule has 2 heterocycles. The van der Waals surface area contributed by atoms with Gasteiger partial charge in [-0.1, -0.05) is 26.2 Å². The van der Waals surface area contributed by atoms with Gasteiger partial charge < -0.3 is 10.3 Å². The lowest BCUT2D eigenvalue weighted by atomic mass is 10.1. The number of nitrogens with one attached hydrogen (secondary N) is 3. The van der Waals surface area contributed by atoms with E-state index in [1.807, 2.05) is 0 Å². The Morgan fingerprint density at radius 3 is 2.80 bits per heavy atom. The second-order valence-electron chi connectivity index (χ2n) is 5.89. The van der Waals surface area contributed by atoms with Crippen LogP contribution in [0, 0.1) is 4.77 Å². The first-order chi connectivity index (χ1) is 12.1. The number of amides is 1. The van der Waals surface area contributed by atoms with Crippen molar-refractivity contribution in [2.24, 2.45) is 0 Å². The second-order valence-corrected chi connectivity index (χ2v) is 6.30. The highest BCUT2D eigenvalue weighted by molar-refractivity contribution is 7.71. The summed E-state index contributed by atoms with van der Waals surface area (Å²) in [5, 5.41) is 2.88. The number of hydrogen-bond donors (Lipinski definition) is 3. The second kappa shape index (κ2) is 7.52. The fourth-order valence-corrected chi connectivity index (χ4v) is 2.80. The van der Waals surface area contributed by atoms with E-state index in [2.05, 4.69) is 32.2 Å². The highest BCUT2D eigenvalue weighted by Gasteiger charge is 2.08. The van der Waals surface area contributed by atoms with Crippen molar-refractivity contribution in [3.63, 3.8) is 0 Å². The third kappa shape index (κ3) is 4.08. The van der Waals surface area contributed by atoms with Crippen molar-refractivity contribution < 1.29 is 4.79 Å². The molecule has 0 fully saturated rings. The Morgan fingerprint density at radius 2 is 2.00 bits per heavy atom. The van der Waals surface area contributed by atoms with Crippen molar-refractivity contribution >= 4 is 46.0 Å². The van der Waals surface area contributed by atoms with Gasteiger partial charge in [0.2, 0.25) is 5.91 Å². The number of H-pyrrole nitrogens is 2. The minimum atomic E-state index is -0.377. The van der Waals surface area contributed by atoms with E-state index in [0.717, 1.165) is 25.7 Å². The summed E-state index contributed by atoms with van der Waals surface area (Å²) < 4.78 is 0.197. The first-order valence-electron chi connectivity index (χ1n) is 8.31. The van der Waals surface area contributed by atoms with Crippen LogP contribution in [0.4, 0.5) is 5.69 Å². The number of anilines is 1. The molecule has 25 heavy (non-hydrogen) atoms. The first-order valence-corrected chi connectivity index (χ1v) is 8.71. The maximum atomic E-state index is 12.0. The number of aromatic nitrogens is 4. The molecule has 1 amide bonds. The molecule has 3 rings (SSSR count). The zero-order chi connectivity index (χ0) is 17.8. The lowest BCUT2D eigenvalue weighted by molar-refractivity contribution is -0.116. The molecule has 1 aromatic carbocycles. The van der Waals surface area contributed by atoms with Gasteiger partial charge in [-0.15, -0.1) is 0 Å². The minimum Gasteiger partial charge on any atom is -0.326 e. The van der Waals surface area contributed by atoms with Crippen LogP contribution in [0.5, 0.6) is 0 Å². The molecule has 0 saturated heterocycles. The summed E-state index contributed by atoms with van der Waals surface area (Å²) in [5.41, 5.74) is 1.96. The Morgan fingerprint density at radius 1 is 1.16 bits per heavy atom. The van der Waals surface area contributed by atoms with Crippen molar-refractivity contribution in [2.45, 2.75) is 39.0 Å². The molecule has 0 aliphatic carbocycles. The zero-order valence-electron chi connectivity index (χ0n) is 13.9. The standard InChI is InChI=1S/C17H19N5O2S/c1-2-3-4-5-6-13(23)18-10-7-8-11-12(9-10)20-15-14(19-11)16(24)22-17(25)21-15/h7-9H,2-6H2,1H3,(H,18,23)(H2,20,21,22,24,25). The highest BCUT2D eigenvalue weighted by Crippen LogP contribution is 2.18. The molecule has 3 aromatic rings. The lowest BCUT2D eigenvalue weighted by Gasteiger charge is -2.06. The van der Waals surface area contributed by atoms with E-state index < -0.39 is 0 Å². The van der Waals surface area contributed by atoms with Gasteiger partial charge in [-0.2, -0.15) is 0 Å². The summed E-state index contributed by atoms with van der Waals surface area (Å²) in [7, 11) is 0. The lowest BCUT2D eigenvalue weighted by Crippen LogP contribution is -2.12. The molecular weight excluding hydrogens is 338 g/mol. The van der Waals surface area contributed by atoms with Crippen LogP contribution in [-0.4, -0.2) is 25.8 Å².